The lowest BCUT2D eigenvalue weighted by Crippen LogP contribution is -2.13. The second-order valence-electron chi connectivity index (χ2n) is 2.80. The molecule has 0 aromatic heterocycles. The molecule has 1 aromatic carbocycles. The van der Waals surface area contributed by atoms with Crippen molar-refractivity contribution in [1.82, 2.24) is 0 Å². The lowest BCUT2D eigenvalue weighted by atomic mass is 10.0. The van der Waals surface area contributed by atoms with E-state index in [9.17, 15) is 13.2 Å². The third-order valence-electron chi connectivity index (χ3n) is 1.85. The van der Waals surface area contributed by atoms with Crippen LogP contribution in [0.25, 0.3) is 0 Å². The number of hydrogen-bond donors (Lipinski definition) is 1. The van der Waals surface area contributed by atoms with Gasteiger partial charge in [-0.3, -0.25) is 0 Å². The Kier molecular flexibility index (Phi) is 4.94. The Balaban J connectivity index is 0.00000169. The first-order valence-electron chi connectivity index (χ1n) is 3.96. The molecule has 14 heavy (non-hydrogen) atoms. The van der Waals surface area contributed by atoms with E-state index < -0.39 is 23.5 Å². The molecule has 1 aromatic rings. The van der Waals surface area contributed by atoms with E-state index in [4.69, 9.17) is 5.73 Å². The molecular weight excluding hydrogens is 215 g/mol. The number of benzene rings is 1. The maximum Gasteiger partial charge on any atom is 0.133 e. The van der Waals surface area contributed by atoms with Gasteiger partial charge < -0.3 is 5.73 Å². The van der Waals surface area contributed by atoms with Crippen LogP contribution in [0.3, 0.4) is 0 Å². The number of nitrogens with two attached hydrogens (primary N) is 1. The highest BCUT2D eigenvalue weighted by molar-refractivity contribution is 5.85. The zero-order valence-electron chi connectivity index (χ0n) is 7.56. The van der Waals surface area contributed by atoms with Crippen molar-refractivity contribution in [2.24, 2.45) is 5.73 Å². The molecule has 0 aliphatic carbocycles. The Bertz CT molecular complexity index is 294. The van der Waals surface area contributed by atoms with E-state index in [1.54, 1.807) is 6.92 Å². The summed E-state index contributed by atoms with van der Waals surface area (Å²) in [4.78, 5) is 0. The van der Waals surface area contributed by atoms with Crippen LogP contribution in [0.15, 0.2) is 12.1 Å². The SMILES string of the molecule is CC[C@@H](N)c1c(F)cc(F)cc1F.Cl. The van der Waals surface area contributed by atoms with Crippen LogP contribution in [0.2, 0.25) is 0 Å². The number of rotatable bonds is 2. The van der Waals surface area contributed by atoms with Crippen molar-refractivity contribution in [3.8, 4) is 0 Å². The Hall–Kier alpha value is -0.740. The Morgan fingerprint density at radius 2 is 1.64 bits per heavy atom. The summed E-state index contributed by atoms with van der Waals surface area (Å²) < 4.78 is 38.4. The average Bonchev–Trinajstić information content (AvgIpc) is 2.02. The standard InChI is InChI=1S/C9H10F3N.ClH/c1-2-8(13)9-6(11)3-5(10)4-7(9)12;/h3-4,8H,2,13H2,1H3;1H/t8-;/m1./s1. The molecule has 0 heterocycles. The molecule has 0 radical (unpaired) electrons. The van der Waals surface area contributed by atoms with Crippen LogP contribution in [-0.4, -0.2) is 0 Å². The third-order valence-corrected chi connectivity index (χ3v) is 1.85. The van der Waals surface area contributed by atoms with E-state index in [2.05, 4.69) is 0 Å². The number of hydrogen-bond acceptors (Lipinski definition) is 1. The minimum Gasteiger partial charge on any atom is -0.324 e. The highest BCUT2D eigenvalue weighted by atomic mass is 35.5. The molecule has 80 valence electrons. The molecule has 1 atom stereocenters. The predicted molar refractivity (Wildman–Crippen MR) is 50.8 cm³/mol. The summed E-state index contributed by atoms with van der Waals surface area (Å²) in [5.74, 6) is -2.78. The van der Waals surface area contributed by atoms with Gasteiger partial charge in [-0.15, -0.1) is 12.4 Å². The van der Waals surface area contributed by atoms with Crippen LogP contribution in [0, 0.1) is 17.5 Å². The van der Waals surface area contributed by atoms with Crippen molar-refractivity contribution in [1.29, 1.82) is 0 Å². The summed E-state index contributed by atoms with van der Waals surface area (Å²) >= 11 is 0. The van der Waals surface area contributed by atoms with E-state index in [1.807, 2.05) is 0 Å². The molecule has 0 saturated heterocycles. The van der Waals surface area contributed by atoms with Gasteiger partial charge in [0.15, 0.2) is 0 Å². The van der Waals surface area contributed by atoms with Crippen molar-refractivity contribution in [2.75, 3.05) is 0 Å². The van der Waals surface area contributed by atoms with Gasteiger partial charge in [-0.25, -0.2) is 13.2 Å². The van der Waals surface area contributed by atoms with E-state index in [1.165, 1.54) is 0 Å². The van der Waals surface area contributed by atoms with E-state index in [0.29, 0.717) is 18.6 Å². The van der Waals surface area contributed by atoms with Crippen LogP contribution >= 0.6 is 12.4 Å². The van der Waals surface area contributed by atoms with Crippen molar-refractivity contribution in [3.05, 3.63) is 35.1 Å². The Morgan fingerprint density at radius 1 is 1.21 bits per heavy atom. The van der Waals surface area contributed by atoms with Crippen LogP contribution < -0.4 is 5.73 Å². The summed E-state index contributed by atoms with van der Waals surface area (Å²) in [5, 5.41) is 0. The lowest BCUT2D eigenvalue weighted by molar-refractivity contribution is 0.499. The quantitative estimate of drug-likeness (QED) is 0.823. The minimum absolute atomic E-state index is 0. The van der Waals surface area contributed by atoms with Gasteiger partial charge in [-0.1, -0.05) is 6.92 Å². The van der Waals surface area contributed by atoms with Crippen LogP contribution in [0.4, 0.5) is 13.2 Å². The summed E-state index contributed by atoms with van der Waals surface area (Å²) in [6, 6.07) is 0.544. The highest BCUT2D eigenvalue weighted by Gasteiger charge is 2.16. The molecule has 1 nitrogen and oxygen atoms in total. The van der Waals surface area contributed by atoms with Crippen molar-refractivity contribution >= 4 is 12.4 Å². The summed E-state index contributed by atoms with van der Waals surface area (Å²) in [7, 11) is 0. The van der Waals surface area contributed by atoms with E-state index in [-0.39, 0.29) is 18.0 Å². The first-order chi connectivity index (χ1) is 6.06. The van der Waals surface area contributed by atoms with Crippen LogP contribution in [0.1, 0.15) is 24.9 Å². The molecular formula is C9H11ClF3N. The van der Waals surface area contributed by atoms with E-state index >= 15 is 0 Å². The minimum atomic E-state index is -0.929. The fourth-order valence-electron chi connectivity index (χ4n) is 1.11. The fourth-order valence-corrected chi connectivity index (χ4v) is 1.11. The van der Waals surface area contributed by atoms with Gasteiger partial charge in [0, 0.05) is 23.7 Å². The molecule has 5 heteroatoms. The molecule has 0 spiro atoms. The Labute approximate surface area is 86.5 Å². The highest BCUT2D eigenvalue weighted by Crippen LogP contribution is 2.22. The second kappa shape index (κ2) is 5.22. The molecule has 0 bridgehead atoms. The monoisotopic (exact) mass is 225 g/mol. The second-order valence-corrected chi connectivity index (χ2v) is 2.80. The molecule has 0 aliphatic rings. The van der Waals surface area contributed by atoms with Gasteiger partial charge in [0.25, 0.3) is 0 Å². The third kappa shape index (κ3) is 2.62. The fraction of sp³-hybridized carbons (Fsp3) is 0.333. The van der Waals surface area contributed by atoms with Gasteiger partial charge >= 0.3 is 0 Å². The van der Waals surface area contributed by atoms with Gasteiger partial charge in [-0.2, -0.15) is 0 Å². The lowest BCUT2D eigenvalue weighted by Gasteiger charge is -2.11. The smallest absolute Gasteiger partial charge is 0.133 e. The zero-order valence-corrected chi connectivity index (χ0v) is 8.38. The molecule has 0 unspecified atom stereocenters. The largest absolute Gasteiger partial charge is 0.324 e. The van der Waals surface area contributed by atoms with Gasteiger partial charge in [0.1, 0.15) is 17.5 Å². The maximum absolute atomic E-state index is 13.0. The topological polar surface area (TPSA) is 26.0 Å². The first-order valence-corrected chi connectivity index (χ1v) is 3.96. The van der Waals surface area contributed by atoms with Crippen LogP contribution in [0.5, 0.6) is 0 Å². The van der Waals surface area contributed by atoms with Crippen molar-refractivity contribution in [3.63, 3.8) is 0 Å². The summed E-state index contributed by atoms with van der Waals surface area (Å²) in [5.41, 5.74) is 5.20. The molecule has 0 amide bonds. The Morgan fingerprint density at radius 3 is 2.00 bits per heavy atom. The van der Waals surface area contributed by atoms with Crippen molar-refractivity contribution < 1.29 is 13.2 Å². The number of halogens is 4. The normalized spacial score (nSPS) is 12.1. The molecule has 0 saturated carbocycles. The molecule has 2 N–H and O–H groups in total. The average molecular weight is 226 g/mol. The van der Waals surface area contributed by atoms with Gasteiger partial charge in [0.2, 0.25) is 0 Å². The van der Waals surface area contributed by atoms with E-state index in [0.717, 1.165) is 0 Å². The zero-order chi connectivity index (χ0) is 10.0. The van der Waals surface area contributed by atoms with Crippen molar-refractivity contribution in [2.45, 2.75) is 19.4 Å². The predicted octanol–water partition coefficient (Wildman–Crippen LogP) is 2.94. The molecule has 1 rings (SSSR count). The first kappa shape index (κ1) is 13.3. The summed E-state index contributed by atoms with van der Waals surface area (Å²) in [6.45, 7) is 1.70. The van der Waals surface area contributed by atoms with Gasteiger partial charge in [-0.05, 0) is 6.42 Å². The molecule has 0 fully saturated rings. The van der Waals surface area contributed by atoms with Crippen LogP contribution in [-0.2, 0) is 0 Å². The summed E-state index contributed by atoms with van der Waals surface area (Å²) in [6.07, 6.45) is 0.402. The van der Waals surface area contributed by atoms with Gasteiger partial charge in [0.05, 0.1) is 0 Å². The molecule has 0 aliphatic heterocycles. The maximum atomic E-state index is 13.0.